The quantitative estimate of drug-likeness (QED) is 0.416. The van der Waals surface area contributed by atoms with E-state index in [1.54, 1.807) is 36.5 Å². The molecule has 2 N–H and O–H groups in total. The lowest BCUT2D eigenvalue weighted by Gasteiger charge is -2.12. The fourth-order valence-corrected chi connectivity index (χ4v) is 3.63. The third-order valence-electron chi connectivity index (χ3n) is 5.11. The molecule has 1 amide bonds. The zero-order valence-corrected chi connectivity index (χ0v) is 19.2. The molecule has 0 spiro atoms. The number of ether oxygens (including phenoxy) is 1. The van der Waals surface area contributed by atoms with Gasteiger partial charge < -0.3 is 15.4 Å². The van der Waals surface area contributed by atoms with Crippen molar-refractivity contribution in [1.29, 1.82) is 0 Å². The second-order valence-corrected chi connectivity index (χ2v) is 8.04. The Hall–Kier alpha value is -3.85. The molecule has 10 heteroatoms. The van der Waals surface area contributed by atoms with Crippen LogP contribution in [0, 0.1) is 6.92 Å². The Kier molecular flexibility index (Phi) is 7.07. The molecule has 0 atom stereocenters. The van der Waals surface area contributed by atoms with E-state index in [0.717, 1.165) is 35.8 Å². The lowest BCUT2D eigenvalue weighted by molar-refractivity contribution is -0.137. The van der Waals surface area contributed by atoms with Crippen molar-refractivity contribution in [2.45, 2.75) is 13.1 Å². The van der Waals surface area contributed by atoms with Crippen molar-refractivity contribution in [3.63, 3.8) is 0 Å². The van der Waals surface area contributed by atoms with E-state index >= 15 is 0 Å². The van der Waals surface area contributed by atoms with Crippen molar-refractivity contribution < 1.29 is 22.7 Å². The number of rotatable bonds is 6. The summed E-state index contributed by atoms with van der Waals surface area (Å²) in [4.78, 5) is 21.0. The number of aromatic nitrogens is 1. The van der Waals surface area contributed by atoms with Crippen molar-refractivity contribution in [3.8, 4) is 11.5 Å². The van der Waals surface area contributed by atoms with Crippen LogP contribution in [0.4, 0.5) is 18.9 Å². The van der Waals surface area contributed by atoms with Gasteiger partial charge in [-0.3, -0.25) is 14.8 Å². The van der Waals surface area contributed by atoms with Crippen LogP contribution in [-0.2, 0) is 11.0 Å². The molecular formula is C25H20ClF3N4O2. The molecule has 6 nitrogen and oxygen atoms in total. The number of carbonyl (C=O) groups is 1. The van der Waals surface area contributed by atoms with E-state index in [2.05, 4.69) is 20.6 Å². The smallest absolute Gasteiger partial charge is 0.417 e. The van der Waals surface area contributed by atoms with Gasteiger partial charge in [0.1, 0.15) is 23.0 Å². The molecule has 2 heterocycles. The van der Waals surface area contributed by atoms with E-state index in [4.69, 9.17) is 16.3 Å². The molecule has 1 aliphatic heterocycles. The van der Waals surface area contributed by atoms with Gasteiger partial charge in [0.05, 0.1) is 17.1 Å². The maximum atomic E-state index is 13.0. The Morgan fingerprint density at radius 2 is 2.03 bits per heavy atom. The van der Waals surface area contributed by atoms with Crippen LogP contribution in [0.5, 0.6) is 11.5 Å². The predicted octanol–water partition coefficient (Wildman–Crippen LogP) is 5.86. The van der Waals surface area contributed by atoms with Crippen molar-refractivity contribution in [3.05, 3.63) is 88.2 Å². The standard InChI is InChI=1S/C25H20ClF3N4O2/c1-15-21(9-10-30-23(15)24-31-11-12-32-24)35-18-4-2-3-16(13-18)5-8-22(34)33-17-6-7-20(26)19(14-17)25(27,28)29/h2-10,13-14H,11-12H2,1H3,(H,31,32)(H,33,34). The predicted molar refractivity (Wildman–Crippen MR) is 129 cm³/mol. The zero-order chi connectivity index (χ0) is 25.0. The number of anilines is 1. The minimum atomic E-state index is -4.62. The monoisotopic (exact) mass is 500 g/mol. The van der Waals surface area contributed by atoms with Gasteiger partial charge in [-0.05, 0) is 55.0 Å². The van der Waals surface area contributed by atoms with Gasteiger partial charge in [0.25, 0.3) is 0 Å². The highest BCUT2D eigenvalue weighted by molar-refractivity contribution is 6.31. The Morgan fingerprint density at radius 3 is 2.77 bits per heavy atom. The Labute approximate surface area is 204 Å². The van der Waals surface area contributed by atoms with Gasteiger partial charge in [-0.1, -0.05) is 23.7 Å². The number of alkyl halides is 3. The number of nitrogens with one attached hydrogen (secondary N) is 2. The van der Waals surface area contributed by atoms with Crippen molar-refractivity contribution in [2.75, 3.05) is 18.4 Å². The first kappa shape index (κ1) is 24.3. The molecule has 180 valence electrons. The molecule has 2 aromatic carbocycles. The Bertz CT molecular complexity index is 1320. The number of benzene rings is 2. The number of carbonyl (C=O) groups excluding carboxylic acids is 1. The highest BCUT2D eigenvalue weighted by atomic mass is 35.5. The largest absolute Gasteiger partial charge is 0.457 e. The van der Waals surface area contributed by atoms with Crippen LogP contribution in [0.3, 0.4) is 0 Å². The number of amidine groups is 1. The zero-order valence-electron chi connectivity index (χ0n) is 18.5. The van der Waals surface area contributed by atoms with E-state index in [9.17, 15) is 18.0 Å². The molecule has 0 fully saturated rings. The fraction of sp³-hybridized carbons (Fsp3) is 0.160. The van der Waals surface area contributed by atoms with E-state index in [0.29, 0.717) is 23.6 Å². The Morgan fingerprint density at radius 1 is 1.20 bits per heavy atom. The topological polar surface area (TPSA) is 75.6 Å². The lowest BCUT2D eigenvalue weighted by Crippen LogP contribution is -2.21. The summed E-state index contributed by atoms with van der Waals surface area (Å²) in [5, 5.41) is 5.16. The van der Waals surface area contributed by atoms with E-state index < -0.39 is 22.7 Å². The van der Waals surface area contributed by atoms with Gasteiger partial charge >= 0.3 is 6.18 Å². The van der Waals surface area contributed by atoms with Crippen LogP contribution in [0.15, 0.2) is 65.8 Å². The first-order valence-electron chi connectivity index (χ1n) is 10.6. The lowest BCUT2D eigenvalue weighted by atomic mass is 10.1. The fourth-order valence-electron chi connectivity index (χ4n) is 3.41. The van der Waals surface area contributed by atoms with Gasteiger partial charge in [-0.15, -0.1) is 0 Å². The van der Waals surface area contributed by atoms with Crippen molar-refractivity contribution in [1.82, 2.24) is 10.3 Å². The first-order chi connectivity index (χ1) is 16.7. The summed E-state index contributed by atoms with van der Waals surface area (Å²) in [6.45, 7) is 3.37. The normalized spacial score (nSPS) is 13.5. The second kappa shape index (κ2) is 10.2. The summed E-state index contributed by atoms with van der Waals surface area (Å²) in [6.07, 6.45) is -0.218. The average Bonchev–Trinajstić information content (AvgIpc) is 3.35. The molecule has 0 saturated carbocycles. The third kappa shape index (κ3) is 5.99. The maximum absolute atomic E-state index is 13.0. The van der Waals surface area contributed by atoms with Crippen LogP contribution in [-0.4, -0.2) is 29.8 Å². The van der Waals surface area contributed by atoms with Crippen LogP contribution in [0.25, 0.3) is 6.08 Å². The Balaban J connectivity index is 1.45. The summed E-state index contributed by atoms with van der Waals surface area (Å²) in [6, 6.07) is 12.0. The number of halogens is 4. The van der Waals surface area contributed by atoms with Gasteiger partial charge in [-0.25, -0.2) is 0 Å². The maximum Gasteiger partial charge on any atom is 0.417 e. The molecule has 0 unspecified atom stereocenters. The van der Waals surface area contributed by atoms with E-state index in [1.807, 2.05) is 6.92 Å². The minimum absolute atomic E-state index is 0.0150. The van der Waals surface area contributed by atoms with Crippen LogP contribution >= 0.6 is 11.6 Å². The summed E-state index contributed by atoms with van der Waals surface area (Å²) in [5.74, 6) is 1.31. The number of hydrogen-bond acceptors (Lipinski definition) is 5. The molecule has 35 heavy (non-hydrogen) atoms. The first-order valence-corrected chi connectivity index (χ1v) is 11.0. The molecule has 1 aromatic heterocycles. The molecule has 4 rings (SSSR count). The summed E-state index contributed by atoms with van der Waals surface area (Å²) < 4.78 is 45.1. The van der Waals surface area contributed by atoms with Crippen LogP contribution in [0.1, 0.15) is 22.4 Å². The van der Waals surface area contributed by atoms with Gasteiger partial charge in [-0.2, -0.15) is 13.2 Å². The second-order valence-electron chi connectivity index (χ2n) is 7.63. The molecule has 0 bridgehead atoms. The van der Waals surface area contributed by atoms with Crippen molar-refractivity contribution in [2.24, 2.45) is 4.99 Å². The molecule has 3 aromatic rings. The minimum Gasteiger partial charge on any atom is -0.457 e. The van der Waals surface area contributed by atoms with Crippen molar-refractivity contribution >= 4 is 35.1 Å². The van der Waals surface area contributed by atoms with Gasteiger partial charge in [0.2, 0.25) is 5.91 Å². The van der Waals surface area contributed by atoms with E-state index in [1.165, 1.54) is 18.2 Å². The molecular weight excluding hydrogens is 481 g/mol. The van der Waals surface area contributed by atoms with Gasteiger partial charge in [0.15, 0.2) is 0 Å². The number of pyridine rings is 1. The molecule has 0 aliphatic carbocycles. The average molecular weight is 501 g/mol. The summed E-state index contributed by atoms with van der Waals surface area (Å²) in [7, 11) is 0. The highest BCUT2D eigenvalue weighted by Gasteiger charge is 2.33. The number of nitrogens with zero attached hydrogens (tertiary/aromatic N) is 2. The number of aliphatic imine (C=N–C) groups is 1. The molecule has 0 saturated heterocycles. The highest BCUT2D eigenvalue weighted by Crippen LogP contribution is 2.36. The molecule has 0 radical (unpaired) electrons. The number of amides is 1. The number of hydrogen-bond donors (Lipinski definition) is 2. The van der Waals surface area contributed by atoms with Crippen LogP contribution in [0.2, 0.25) is 5.02 Å². The third-order valence-corrected chi connectivity index (χ3v) is 5.43. The SMILES string of the molecule is Cc1c(Oc2cccc(C=CC(=O)Nc3ccc(Cl)c(C(F)(F)F)c3)c2)ccnc1C1=NCCN1. The van der Waals surface area contributed by atoms with Crippen LogP contribution < -0.4 is 15.4 Å². The van der Waals surface area contributed by atoms with E-state index in [-0.39, 0.29) is 5.69 Å². The van der Waals surface area contributed by atoms with Gasteiger partial charge in [0, 0.05) is 30.1 Å². The summed E-state index contributed by atoms with van der Waals surface area (Å²) >= 11 is 5.61. The molecule has 1 aliphatic rings. The summed E-state index contributed by atoms with van der Waals surface area (Å²) in [5.41, 5.74) is 1.19.